The number of likely N-dealkylation sites (tertiary alicyclic amines) is 1. The molecule has 2 saturated heterocycles. The zero-order valence-corrected chi connectivity index (χ0v) is 27.6. The van der Waals surface area contributed by atoms with E-state index in [1.54, 1.807) is 6.26 Å². The monoisotopic (exact) mass is 552 g/mol. The SMILES string of the molecule is C=C(CC1CC(=O)N(CCN2CCOC2CCCCC)C1=O)CC(C)(C)C(C)(C)C(C)(C)C(C)(C)C.CS. The van der Waals surface area contributed by atoms with Gasteiger partial charge in [0.25, 0.3) is 0 Å². The van der Waals surface area contributed by atoms with Crippen molar-refractivity contribution < 1.29 is 14.3 Å². The molecule has 5 nitrogen and oxygen atoms in total. The van der Waals surface area contributed by atoms with Gasteiger partial charge >= 0.3 is 0 Å². The summed E-state index contributed by atoms with van der Waals surface area (Å²) in [5.74, 6) is -0.320. The highest BCUT2D eigenvalue weighted by Crippen LogP contribution is 2.60. The first-order valence-electron chi connectivity index (χ1n) is 14.8. The number of imide groups is 1. The predicted octanol–water partition coefficient (Wildman–Crippen LogP) is 7.61. The standard InChI is InChI=1S/C31H56N2O3.CH4S/c1-12-13-14-15-26-32(18-19-36-26)16-17-33-25(34)21-24(27(33)35)20-23(2)22-29(6,7)31(10,11)30(8,9)28(3,4)5;1-2/h24,26H,2,12-22H2,1,3-11H3;2H,1H3. The van der Waals surface area contributed by atoms with Crippen molar-refractivity contribution in [2.24, 2.45) is 27.6 Å². The summed E-state index contributed by atoms with van der Waals surface area (Å²) in [5, 5.41) is 0. The van der Waals surface area contributed by atoms with Crippen molar-refractivity contribution >= 4 is 24.4 Å². The Balaban J connectivity index is 0.00000352. The van der Waals surface area contributed by atoms with E-state index in [0.717, 1.165) is 38.0 Å². The number of hydrogen-bond acceptors (Lipinski definition) is 5. The third-order valence-corrected chi connectivity index (χ3v) is 10.5. The second kappa shape index (κ2) is 14.2. The minimum absolute atomic E-state index is 0.00521. The van der Waals surface area contributed by atoms with E-state index < -0.39 is 0 Å². The molecule has 0 aromatic heterocycles. The van der Waals surface area contributed by atoms with Crippen LogP contribution in [0.2, 0.25) is 0 Å². The molecule has 0 radical (unpaired) electrons. The van der Waals surface area contributed by atoms with Crippen molar-refractivity contribution in [2.45, 2.75) is 120 Å². The van der Waals surface area contributed by atoms with E-state index in [1.165, 1.54) is 17.7 Å². The minimum Gasteiger partial charge on any atom is -0.362 e. The maximum atomic E-state index is 13.2. The fourth-order valence-electron chi connectivity index (χ4n) is 6.07. The minimum atomic E-state index is -0.269. The fraction of sp³-hybridized carbons (Fsp3) is 0.875. The first kappa shape index (κ1) is 35.2. The Hall–Kier alpha value is -0.850. The van der Waals surface area contributed by atoms with Crippen LogP contribution in [-0.2, 0) is 14.3 Å². The molecule has 0 aromatic rings. The molecule has 2 fully saturated rings. The third-order valence-electron chi connectivity index (χ3n) is 10.5. The maximum Gasteiger partial charge on any atom is 0.233 e. The molecule has 0 spiro atoms. The van der Waals surface area contributed by atoms with Crippen LogP contribution in [0.1, 0.15) is 114 Å². The van der Waals surface area contributed by atoms with Crippen LogP contribution in [0.3, 0.4) is 0 Å². The molecule has 2 unspecified atom stereocenters. The number of thiol groups is 1. The Morgan fingerprint density at radius 1 is 0.974 bits per heavy atom. The first-order valence-corrected chi connectivity index (χ1v) is 15.7. The van der Waals surface area contributed by atoms with Crippen molar-refractivity contribution in [1.29, 1.82) is 0 Å². The molecule has 2 amide bonds. The summed E-state index contributed by atoms with van der Waals surface area (Å²) in [6.07, 6.45) is 8.17. The number of nitrogens with zero attached hydrogens (tertiary/aromatic N) is 2. The van der Waals surface area contributed by atoms with Crippen LogP contribution in [0, 0.1) is 27.6 Å². The Morgan fingerprint density at radius 2 is 1.58 bits per heavy atom. The Bertz CT molecular complexity index is 797. The molecule has 2 rings (SSSR count). The molecule has 6 heteroatoms. The average molecular weight is 553 g/mol. The van der Waals surface area contributed by atoms with Crippen molar-refractivity contribution in [3.05, 3.63) is 12.2 Å². The van der Waals surface area contributed by atoms with E-state index >= 15 is 0 Å². The predicted molar refractivity (Wildman–Crippen MR) is 164 cm³/mol. The summed E-state index contributed by atoms with van der Waals surface area (Å²) < 4.78 is 5.90. The smallest absolute Gasteiger partial charge is 0.233 e. The van der Waals surface area contributed by atoms with Crippen LogP contribution in [0.15, 0.2) is 12.2 Å². The van der Waals surface area contributed by atoms with Gasteiger partial charge in [0.2, 0.25) is 11.8 Å². The van der Waals surface area contributed by atoms with E-state index in [1.807, 2.05) is 0 Å². The van der Waals surface area contributed by atoms with Gasteiger partial charge in [-0.25, -0.2) is 0 Å². The Labute approximate surface area is 240 Å². The molecule has 0 aliphatic carbocycles. The molecule has 0 aromatic carbocycles. The van der Waals surface area contributed by atoms with Gasteiger partial charge in [0.1, 0.15) is 6.23 Å². The zero-order chi connectivity index (χ0) is 29.5. The molecule has 2 atom stereocenters. The van der Waals surface area contributed by atoms with E-state index in [0.29, 0.717) is 25.9 Å². The summed E-state index contributed by atoms with van der Waals surface area (Å²) in [4.78, 5) is 29.8. The zero-order valence-electron chi connectivity index (χ0n) is 26.7. The molecule has 2 aliphatic rings. The van der Waals surface area contributed by atoms with E-state index in [2.05, 4.69) is 93.3 Å². The van der Waals surface area contributed by atoms with E-state index in [9.17, 15) is 9.59 Å². The van der Waals surface area contributed by atoms with Gasteiger partial charge < -0.3 is 4.74 Å². The molecule has 38 heavy (non-hydrogen) atoms. The molecule has 2 aliphatic heterocycles. The number of amides is 2. The summed E-state index contributed by atoms with van der Waals surface area (Å²) >= 11 is 3.53. The quantitative estimate of drug-likeness (QED) is 0.111. The highest BCUT2D eigenvalue weighted by atomic mass is 32.1. The van der Waals surface area contributed by atoms with Crippen molar-refractivity contribution in [2.75, 3.05) is 32.5 Å². The van der Waals surface area contributed by atoms with Gasteiger partial charge in [0, 0.05) is 26.1 Å². The largest absolute Gasteiger partial charge is 0.362 e. The number of hydrogen-bond donors (Lipinski definition) is 1. The van der Waals surface area contributed by atoms with Gasteiger partial charge in [-0.1, -0.05) is 94.2 Å². The second-order valence-corrected chi connectivity index (χ2v) is 14.2. The van der Waals surface area contributed by atoms with Gasteiger partial charge in [-0.15, -0.1) is 0 Å². The number of ether oxygens (including phenoxy) is 1. The van der Waals surface area contributed by atoms with Crippen LogP contribution in [0.5, 0.6) is 0 Å². The van der Waals surface area contributed by atoms with Crippen LogP contribution < -0.4 is 0 Å². The normalized spacial score (nSPS) is 21.6. The average Bonchev–Trinajstić information content (AvgIpc) is 3.36. The molecule has 0 N–H and O–H groups in total. The van der Waals surface area contributed by atoms with Crippen molar-refractivity contribution in [1.82, 2.24) is 9.80 Å². The van der Waals surface area contributed by atoms with Gasteiger partial charge in [0.15, 0.2) is 0 Å². The fourth-order valence-corrected chi connectivity index (χ4v) is 6.07. The third kappa shape index (κ3) is 8.10. The molecular formula is C32H60N2O3S. The van der Waals surface area contributed by atoms with Crippen LogP contribution in [0.4, 0.5) is 0 Å². The molecule has 2 heterocycles. The maximum absolute atomic E-state index is 13.2. The number of rotatable bonds is 13. The van der Waals surface area contributed by atoms with Gasteiger partial charge in [-0.05, 0) is 53.6 Å². The highest BCUT2D eigenvalue weighted by Gasteiger charge is 2.53. The number of carbonyl (C=O) groups excluding carboxylic acids is 2. The second-order valence-electron chi connectivity index (χ2n) is 14.2. The lowest BCUT2D eigenvalue weighted by Crippen LogP contribution is -2.51. The molecular weight excluding hydrogens is 492 g/mol. The van der Waals surface area contributed by atoms with Crippen LogP contribution in [0.25, 0.3) is 0 Å². The van der Waals surface area contributed by atoms with Gasteiger partial charge in [-0.3, -0.25) is 19.4 Å². The Morgan fingerprint density at radius 3 is 2.13 bits per heavy atom. The number of carbonyl (C=O) groups is 2. The van der Waals surface area contributed by atoms with E-state index in [4.69, 9.17) is 4.74 Å². The molecule has 0 bridgehead atoms. The van der Waals surface area contributed by atoms with Crippen molar-refractivity contribution in [3.63, 3.8) is 0 Å². The number of allylic oxidation sites excluding steroid dienone is 1. The topological polar surface area (TPSA) is 49.9 Å². The van der Waals surface area contributed by atoms with Crippen LogP contribution in [-0.4, -0.2) is 60.3 Å². The first-order chi connectivity index (χ1) is 17.5. The summed E-state index contributed by atoms with van der Waals surface area (Å²) in [6.45, 7) is 30.5. The summed E-state index contributed by atoms with van der Waals surface area (Å²) in [6, 6.07) is 0. The Kier molecular flexibility index (Phi) is 13.1. The van der Waals surface area contributed by atoms with Crippen molar-refractivity contribution in [3.8, 4) is 0 Å². The molecule has 0 saturated carbocycles. The highest BCUT2D eigenvalue weighted by molar-refractivity contribution is 7.79. The molecule has 222 valence electrons. The van der Waals surface area contributed by atoms with Crippen LogP contribution >= 0.6 is 12.6 Å². The van der Waals surface area contributed by atoms with E-state index in [-0.39, 0.29) is 45.6 Å². The number of unbranched alkanes of at least 4 members (excludes halogenated alkanes) is 2. The lowest BCUT2D eigenvalue weighted by molar-refractivity contribution is -0.139. The summed E-state index contributed by atoms with van der Waals surface area (Å²) in [7, 11) is 0. The van der Waals surface area contributed by atoms with Gasteiger partial charge in [-0.2, -0.15) is 12.6 Å². The van der Waals surface area contributed by atoms with Gasteiger partial charge in [0.05, 0.1) is 12.5 Å². The lowest BCUT2D eigenvalue weighted by Gasteiger charge is -2.58. The lowest BCUT2D eigenvalue weighted by atomic mass is 9.47. The summed E-state index contributed by atoms with van der Waals surface area (Å²) in [5.41, 5.74) is 1.35.